The summed E-state index contributed by atoms with van der Waals surface area (Å²) in [6.07, 6.45) is 6.87. The topological polar surface area (TPSA) is 63.2 Å². The number of halogens is 1. The van der Waals surface area contributed by atoms with Gasteiger partial charge >= 0.3 is 0 Å². The summed E-state index contributed by atoms with van der Waals surface area (Å²) >= 11 is 5.90. The van der Waals surface area contributed by atoms with Crippen molar-refractivity contribution in [3.63, 3.8) is 0 Å². The van der Waals surface area contributed by atoms with Gasteiger partial charge in [0.05, 0.1) is 5.68 Å². The zero-order valence-electron chi connectivity index (χ0n) is 18.3. The van der Waals surface area contributed by atoms with Crippen LogP contribution in [0.5, 0.6) is 0 Å². The van der Waals surface area contributed by atoms with Crippen LogP contribution in [0.1, 0.15) is 49.1 Å². The van der Waals surface area contributed by atoms with Crippen LogP contribution in [0, 0.1) is 5.92 Å². The zero-order chi connectivity index (χ0) is 22.8. The number of nitrogens with one attached hydrogen (secondary N) is 1. The second-order valence-corrected chi connectivity index (χ2v) is 8.84. The summed E-state index contributed by atoms with van der Waals surface area (Å²) in [5, 5.41) is 3.56. The zero-order valence-corrected chi connectivity index (χ0v) is 19.0. The fourth-order valence-electron chi connectivity index (χ4n) is 4.06. The lowest BCUT2D eigenvalue weighted by atomic mass is 9.59. The van der Waals surface area contributed by atoms with Gasteiger partial charge in [0.2, 0.25) is 13.2 Å². The lowest BCUT2D eigenvalue weighted by Gasteiger charge is -2.19. The molecule has 6 heteroatoms. The van der Waals surface area contributed by atoms with Crippen molar-refractivity contribution in [1.29, 1.82) is 0 Å². The van der Waals surface area contributed by atoms with E-state index >= 15 is 0 Å². The van der Waals surface area contributed by atoms with Crippen LogP contribution >= 0.6 is 11.6 Å². The second-order valence-electron chi connectivity index (χ2n) is 8.41. The van der Waals surface area contributed by atoms with E-state index < -0.39 is 0 Å². The Kier molecular flexibility index (Phi) is 9.30. The molecule has 0 saturated heterocycles. The molecule has 166 valence electrons. The minimum atomic E-state index is -0.344. The number of Topliss-reactive ketones (excluding diaryl/α,β-unsaturated/α-hetero) is 1. The average molecular weight is 450 g/mol. The maximum Gasteiger partial charge on any atom is 0.220 e. The van der Waals surface area contributed by atoms with Gasteiger partial charge in [0.15, 0.2) is 0 Å². The SMILES string of the molecule is O=C1CC/C=C/C[C@@H](CC(=O)NCc2ccc(Cl)cc2)C(=O)BCC(c2ccccc2)C1. The average Bonchev–Trinajstić information content (AvgIpc) is 2.80. The van der Waals surface area contributed by atoms with Crippen molar-refractivity contribution in [1.82, 2.24) is 5.32 Å². The molecule has 1 unspecified atom stereocenters. The fraction of sp³-hybridized carbons (Fsp3) is 0.346. The first-order valence-electron chi connectivity index (χ1n) is 11.3. The van der Waals surface area contributed by atoms with Gasteiger partial charge in [-0.05, 0) is 42.0 Å². The van der Waals surface area contributed by atoms with Crippen LogP contribution in [0.25, 0.3) is 0 Å². The molecule has 1 heterocycles. The minimum Gasteiger partial charge on any atom is -0.352 e. The Hall–Kier alpha value is -2.66. The standard InChI is InChI=1S/C26H29BClNO3/c28-23-13-11-19(12-14-23)18-29-25(31)16-21-9-5-2-6-10-24(30)15-22(17-27-26(21)32)20-7-3-1-4-8-20/h1-5,7-8,11-14,21-22,27H,6,9-10,15-18H2,(H,29,31)/b5-2+/t21-,22?/m0/s1. The van der Waals surface area contributed by atoms with Crippen LogP contribution in [-0.4, -0.2) is 24.7 Å². The number of carbonyl (C=O) groups excluding carboxylic acids is 3. The summed E-state index contributed by atoms with van der Waals surface area (Å²) in [5.41, 5.74) is 2.15. The Labute approximate surface area is 195 Å². The molecule has 32 heavy (non-hydrogen) atoms. The Morgan fingerprint density at radius 3 is 2.53 bits per heavy atom. The van der Waals surface area contributed by atoms with Crippen molar-refractivity contribution < 1.29 is 14.4 Å². The van der Waals surface area contributed by atoms with Crippen LogP contribution in [0.4, 0.5) is 0 Å². The van der Waals surface area contributed by atoms with E-state index in [0.717, 1.165) is 11.1 Å². The van der Waals surface area contributed by atoms with Crippen LogP contribution < -0.4 is 5.32 Å². The molecule has 0 radical (unpaired) electrons. The molecule has 1 amide bonds. The molecule has 0 aromatic heterocycles. The largest absolute Gasteiger partial charge is 0.352 e. The van der Waals surface area contributed by atoms with Gasteiger partial charge in [-0.1, -0.05) is 72.5 Å². The van der Waals surface area contributed by atoms with Crippen molar-refractivity contribution in [2.75, 3.05) is 0 Å². The van der Waals surface area contributed by atoms with Crippen molar-refractivity contribution in [3.8, 4) is 0 Å². The molecule has 0 bridgehead atoms. The first-order valence-corrected chi connectivity index (χ1v) is 11.6. The quantitative estimate of drug-likeness (QED) is 0.525. The van der Waals surface area contributed by atoms with Gasteiger partial charge in [0, 0.05) is 36.7 Å². The van der Waals surface area contributed by atoms with Crippen LogP contribution in [0.2, 0.25) is 11.3 Å². The van der Waals surface area contributed by atoms with Gasteiger partial charge < -0.3 is 10.1 Å². The number of carbonyl (C=O) groups is 3. The molecule has 0 aliphatic carbocycles. The fourth-order valence-corrected chi connectivity index (χ4v) is 4.19. The highest BCUT2D eigenvalue weighted by atomic mass is 35.5. The molecule has 2 aromatic carbocycles. The predicted molar refractivity (Wildman–Crippen MR) is 130 cm³/mol. The monoisotopic (exact) mass is 449 g/mol. The smallest absolute Gasteiger partial charge is 0.220 e. The molecule has 1 aliphatic rings. The third-order valence-corrected chi connectivity index (χ3v) is 6.20. The van der Waals surface area contributed by atoms with Crippen LogP contribution in [0.3, 0.4) is 0 Å². The number of rotatable bonds is 5. The Balaban J connectivity index is 1.62. The molecular formula is C26H29BClNO3. The Morgan fingerprint density at radius 2 is 1.78 bits per heavy atom. The molecule has 3 rings (SSSR count). The maximum atomic E-state index is 13.0. The molecule has 2 aromatic rings. The molecule has 0 fully saturated rings. The van der Waals surface area contributed by atoms with Gasteiger partial charge in [-0.2, -0.15) is 0 Å². The number of amides is 1. The van der Waals surface area contributed by atoms with E-state index in [1.54, 1.807) is 12.1 Å². The maximum absolute atomic E-state index is 13.0. The molecule has 0 spiro atoms. The number of hydrogen-bond donors (Lipinski definition) is 1. The van der Waals surface area contributed by atoms with E-state index in [0.29, 0.717) is 50.9 Å². The molecular weight excluding hydrogens is 421 g/mol. The highest BCUT2D eigenvalue weighted by Gasteiger charge is 2.24. The molecule has 1 aliphatic heterocycles. The van der Waals surface area contributed by atoms with Crippen LogP contribution in [-0.2, 0) is 20.9 Å². The molecule has 0 saturated carbocycles. The van der Waals surface area contributed by atoms with Gasteiger partial charge in [-0.3, -0.25) is 9.59 Å². The Bertz CT molecular complexity index is 943. The van der Waals surface area contributed by atoms with E-state index in [4.69, 9.17) is 11.6 Å². The van der Waals surface area contributed by atoms with Crippen molar-refractivity contribution in [3.05, 3.63) is 82.9 Å². The van der Waals surface area contributed by atoms with E-state index in [2.05, 4.69) is 5.32 Å². The number of allylic oxidation sites excluding steroid dienone is 2. The first-order chi connectivity index (χ1) is 15.5. The summed E-state index contributed by atoms with van der Waals surface area (Å²) in [7, 11) is 0.371. The normalized spacial score (nSPS) is 21.0. The van der Waals surface area contributed by atoms with E-state index in [1.165, 1.54) is 0 Å². The van der Waals surface area contributed by atoms with Gasteiger partial charge in [-0.15, -0.1) is 0 Å². The number of ketones is 1. The highest BCUT2D eigenvalue weighted by Crippen LogP contribution is 2.26. The first kappa shape index (κ1) is 24.0. The van der Waals surface area contributed by atoms with Crippen LogP contribution in [0.15, 0.2) is 66.7 Å². The second kappa shape index (κ2) is 12.4. The van der Waals surface area contributed by atoms with Gasteiger partial charge in [0.25, 0.3) is 0 Å². The third-order valence-electron chi connectivity index (χ3n) is 5.95. The summed E-state index contributed by atoms with van der Waals surface area (Å²) in [6.45, 7) is 0.408. The number of benzene rings is 2. The summed E-state index contributed by atoms with van der Waals surface area (Å²) in [4.78, 5) is 38.0. The summed E-state index contributed by atoms with van der Waals surface area (Å²) in [6, 6.07) is 17.3. The predicted octanol–water partition coefficient (Wildman–Crippen LogP) is 4.83. The van der Waals surface area contributed by atoms with E-state index in [1.807, 2.05) is 54.6 Å². The highest BCUT2D eigenvalue weighted by molar-refractivity contribution is 6.74. The summed E-state index contributed by atoms with van der Waals surface area (Å²) in [5.74, 6) is -0.207. The lowest BCUT2D eigenvalue weighted by Crippen LogP contribution is -2.30. The van der Waals surface area contributed by atoms with Crippen molar-refractivity contribution in [2.45, 2.75) is 50.9 Å². The molecule has 2 atom stereocenters. The van der Waals surface area contributed by atoms with Gasteiger partial charge in [-0.25, -0.2) is 0 Å². The van der Waals surface area contributed by atoms with Crippen molar-refractivity contribution in [2.24, 2.45) is 5.92 Å². The lowest BCUT2D eigenvalue weighted by molar-refractivity contribution is -0.125. The molecule has 1 N–H and O–H groups in total. The Morgan fingerprint density at radius 1 is 1.03 bits per heavy atom. The molecule has 4 nitrogen and oxygen atoms in total. The third kappa shape index (κ3) is 7.79. The van der Waals surface area contributed by atoms with E-state index in [9.17, 15) is 14.4 Å². The van der Waals surface area contributed by atoms with Gasteiger partial charge in [0.1, 0.15) is 5.78 Å². The number of hydrogen-bond acceptors (Lipinski definition) is 3. The van der Waals surface area contributed by atoms with Crippen molar-refractivity contribution >= 4 is 36.3 Å². The van der Waals surface area contributed by atoms with E-state index in [-0.39, 0.29) is 35.6 Å². The summed E-state index contributed by atoms with van der Waals surface area (Å²) < 4.78 is 0. The minimum absolute atomic E-state index is 0.0374.